The number of methoxy groups -OCH3 is 2. The maximum Gasteiger partial charge on any atom is 0.254 e. The molecule has 1 amide bonds. The molecule has 1 heterocycles. The zero-order chi connectivity index (χ0) is 14.7. The standard InChI is InChI=1S/C14H18N2O3S/c1-18-11-7-16(8-12(11)19-2)14(17)10-5-3-9(4-6-10)13(15)20/h3-6,11-12H,7-8H2,1-2H3,(H2,15,20). The molecule has 2 unspecified atom stereocenters. The summed E-state index contributed by atoms with van der Waals surface area (Å²) < 4.78 is 10.7. The van der Waals surface area contributed by atoms with Crippen molar-refractivity contribution >= 4 is 23.1 Å². The molecule has 2 rings (SSSR count). The normalized spacial score (nSPS) is 22.0. The topological polar surface area (TPSA) is 64.8 Å². The molecule has 2 N–H and O–H groups in total. The Bertz CT molecular complexity index is 492. The van der Waals surface area contributed by atoms with Gasteiger partial charge in [0.1, 0.15) is 17.2 Å². The van der Waals surface area contributed by atoms with E-state index in [4.69, 9.17) is 27.4 Å². The van der Waals surface area contributed by atoms with Crippen LogP contribution in [-0.4, -0.2) is 55.3 Å². The first-order valence-corrected chi connectivity index (χ1v) is 6.72. The number of carbonyl (C=O) groups is 1. The first-order valence-electron chi connectivity index (χ1n) is 6.31. The number of carbonyl (C=O) groups excluding carboxylic acids is 1. The molecule has 0 saturated carbocycles. The smallest absolute Gasteiger partial charge is 0.254 e. The minimum absolute atomic E-state index is 0.0407. The van der Waals surface area contributed by atoms with E-state index in [0.29, 0.717) is 23.6 Å². The Morgan fingerprint density at radius 3 is 2.00 bits per heavy atom. The van der Waals surface area contributed by atoms with Crippen molar-refractivity contribution in [3.8, 4) is 0 Å². The molecule has 1 aliphatic heterocycles. The molecule has 20 heavy (non-hydrogen) atoms. The summed E-state index contributed by atoms with van der Waals surface area (Å²) in [5.41, 5.74) is 6.90. The summed E-state index contributed by atoms with van der Waals surface area (Å²) in [6.07, 6.45) is -0.167. The molecule has 0 bridgehead atoms. The molecule has 0 radical (unpaired) electrons. The van der Waals surface area contributed by atoms with Crippen LogP contribution in [0.4, 0.5) is 0 Å². The highest BCUT2D eigenvalue weighted by Crippen LogP contribution is 2.18. The van der Waals surface area contributed by atoms with E-state index in [1.807, 2.05) is 0 Å². The Labute approximate surface area is 123 Å². The number of amides is 1. The molecule has 1 saturated heterocycles. The molecular formula is C14H18N2O3S. The van der Waals surface area contributed by atoms with Crippen molar-refractivity contribution in [1.82, 2.24) is 4.90 Å². The lowest BCUT2D eigenvalue weighted by Gasteiger charge is -2.15. The largest absolute Gasteiger partial charge is 0.389 e. The second-order valence-corrected chi connectivity index (χ2v) is 5.14. The molecule has 1 aromatic carbocycles. The number of nitrogens with two attached hydrogens (primary N) is 1. The Kier molecular flexibility index (Phi) is 4.69. The number of thiocarbonyl (C=S) groups is 1. The minimum Gasteiger partial charge on any atom is -0.389 e. The molecule has 1 aliphatic rings. The molecule has 0 aliphatic carbocycles. The van der Waals surface area contributed by atoms with Crippen LogP contribution < -0.4 is 5.73 Å². The molecule has 0 spiro atoms. The number of hydrogen-bond donors (Lipinski definition) is 1. The van der Waals surface area contributed by atoms with Gasteiger partial charge in [-0.1, -0.05) is 24.4 Å². The fraction of sp³-hybridized carbons (Fsp3) is 0.429. The number of benzene rings is 1. The van der Waals surface area contributed by atoms with Crippen LogP contribution in [0.3, 0.4) is 0 Å². The van der Waals surface area contributed by atoms with E-state index in [1.165, 1.54) is 0 Å². The quantitative estimate of drug-likeness (QED) is 0.832. The SMILES string of the molecule is COC1CN(C(=O)c2ccc(C(N)=S)cc2)CC1OC. The summed E-state index contributed by atoms with van der Waals surface area (Å²) in [7, 11) is 3.25. The van der Waals surface area contributed by atoms with Crippen molar-refractivity contribution in [1.29, 1.82) is 0 Å². The Morgan fingerprint density at radius 1 is 1.15 bits per heavy atom. The van der Waals surface area contributed by atoms with Crippen LogP contribution in [0.15, 0.2) is 24.3 Å². The van der Waals surface area contributed by atoms with Crippen molar-refractivity contribution in [2.24, 2.45) is 5.73 Å². The molecule has 5 nitrogen and oxygen atoms in total. The van der Waals surface area contributed by atoms with E-state index >= 15 is 0 Å². The average molecular weight is 294 g/mol. The lowest BCUT2D eigenvalue weighted by molar-refractivity contribution is -0.00461. The zero-order valence-electron chi connectivity index (χ0n) is 11.5. The van der Waals surface area contributed by atoms with Gasteiger partial charge in [0.05, 0.1) is 0 Å². The van der Waals surface area contributed by atoms with Crippen LogP contribution in [-0.2, 0) is 9.47 Å². The number of likely N-dealkylation sites (tertiary alicyclic amines) is 1. The number of rotatable bonds is 4. The summed E-state index contributed by atoms with van der Waals surface area (Å²) in [6, 6.07) is 6.98. The van der Waals surface area contributed by atoms with Gasteiger partial charge in [0.2, 0.25) is 0 Å². The van der Waals surface area contributed by atoms with E-state index in [1.54, 1.807) is 43.4 Å². The van der Waals surface area contributed by atoms with Gasteiger partial charge in [-0.05, 0) is 12.1 Å². The lowest BCUT2D eigenvalue weighted by atomic mass is 10.1. The Hall–Kier alpha value is -1.50. The average Bonchev–Trinajstić information content (AvgIpc) is 2.89. The maximum absolute atomic E-state index is 12.4. The molecular weight excluding hydrogens is 276 g/mol. The first-order chi connectivity index (χ1) is 9.56. The minimum atomic E-state index is -0.0835. The predicted molar refractivity (Wildman–Crippen MR) is 79.8 cm³/mol. The van der Waals surface area contributed by atoms with E-state index < -0.39 is 0 Å². The highest BCUT2D eigenvalue weighted by molar-refractivity contribution is 7.80. The fourth-order valence-electron chi connectivity index (χ4n) is 2.32. The van der Waals surface area contributed by atoms with Crippen molar-refractivity contribution < 1.29 is 14.3 Å². The lowest BCUT2D eigenvalue weighted by Crippen LogP contribution is -2.30. The molecule has 2 atom stereocenters. The van der Waals surface area contributed by atoms with Gasteiger partial charge in [-0.25, -0.2) is 0 Å². The number of hydrogen-bond acceptors (Lipinski definition) is 4. The van der Waals surface area contributed by atoms with Crippen LogP contribution in [0, 0.1) is 0 Å². The van der Waals surface area contributed by atoms with Gasteiger partial charge in [0.25, 0.3) is 5.91 Å². The third kappa shape index (κ3) is 2.98. The van der Waals surface area contributed by atoms with E-state index in [-0.39, 0.29) is 18.1 Å². The van der Waals surface area contributed by atoms with Crippen LogP contribution in [0.25, 0.3) is 0 Å². The van der Waals surface area contributed by atoms with Crippen LogP contribution in [0.1, 0.15) is 15.9 Å². The van der Waals surface area contributed by atoms with Gasteiger partial charge in [-0.15, -0.1) is 0 Å². The molecule has 6 heteroatoms. The van der Waals surface area contributed by atoms with Crippen LogP contribution >= 0.6 is 12.2 Å². The van der Waals surface area contributed by atoms with Gasteiger partial charge in [-0.3, -0.25) is 4.79 Å². The summed E-state index contributed by atoms with van der Waals surface area (Å²) in [4.78, 5) is 14.5. The Morgan fingerprint density at radius 2 is 1.60 bits per heavy atom. The third-order valence-corrected chi connectivity index (χ3v) is 3.76. The van der Waals surface area contributed by atoms with E-state index in [2.05, 4.69) is 0 Å². The van der Waals surface area contributed by atoms with Gasteiger partial charge >= 0.3 is 0 Å². The summed E-state index contributed by atoms with van der Waals surface area (Å²) >= 11 is 4.89. The third-order valence-electron chi connectivity index (χ3n) is 3.52. The second kappa shape index (κ2) is 6.30. The Balaban J connectivity index is 2.10. The van der Waals surface area contributed by atoms with Gasteiger partial charge in [0.15, 0.2) is 0 Å². The molecule has 1 fully saturated rings. The first kappa shape index (κ1) is 14.9. The molecule has 1 aromatic rings. The molecule has 0 aromatic heterocycles. The second-order valence-electron chi connectivity index (χ2n) is 4.70. The zero-order valence-corrected chi connectivity index (χ0v) is 12.4. The summed E-state index contributed by atoms with van der Waals surface area (Å²) in [6.45, 7) is 1.07. The van der Waals surface area contributed by atoms with Crippen molar-refractivity contribution in [3.05, 3.63) is 35.4 Å². The fourth-order valence-corrected chi connectivity index (χ4v) is 2.46. The monoisotopic (exact) mass is 294 g/mol. The van der Waals surface area contributed by atoms with Crippen molar-refractivity contribution in [2.75, 3.05) is 27.3 Å². The molecule has 108 valence electrons. The summed E-state index contributed by atoms with van der Waals surface area (Å²) in [5.74, 6) is -0.0407. The highest BCUT2D eigenvalue weighted by atomic mass is 32.1. The highest BCUT2D eigenvalue weighted by Gasteiger charge is 2.35. The van der Waals surface area contributed by atoms with Crippen LogP contribution in [0.2, 0.25) is 0 Å². The van der Waals surface area contributed by atoms with Gasteiger partial charge < -0.3 is 20.1 Å². The van der Waals surface area contributed by atoms with Gasteiger partial charge in [-0.2, -0.15) is 0 Å². The van der Waals surface area contributed by atoms with E-state index in [9.17, 15) is 4.79 Å². The van der Waals surface area contributed by atoms with Gasteiger partial charge in [0, 0.05) is 38.4 Å². The van der Waals surface area contributed by atoms with Crippen molar-refractivity contribution in [3.63, 3.8) is 0 Å². The number of nitrogens with zero attached hydrogens (tertiary/aromatic N) is 1. The predicted octanol–water partition coefficient (Wildman–Crippen LogP) is 0.807. The summed E-state index contributed by atoms with van der Waals surface area (Å²) in [5, 5.41) is 0. The van der Waals surface area contributed by atoms with Crippen LogP contribution in [0.5, 0.6) is 0 Å². The number of ether oxygens (including phenoxy) is 2. The maximum atomic E-state index is 12.4. The van der Waals surface area contributed by atoms with Crippen molar-refractivity contribution in [2.45, 2.75) is 12.2 Å². The van der Waals surface area contributed by atoms with E-state index in [0.717, 1.165) is 5.56 Å².